The van der Waals surface area contributed by atoms with E-state index in [2.05, 4.69) is 17.4 Å². The minimum Gasteiger partial charge on any atom is -0.345 e. The molecule has 0 saturated heterocycles. The van der Waals surface area contributed by atoms with Crippen LogP contribution in [0.5, 0.6) is 0 Å². The number of hydrogen-bond acceptors (Lipinski definition) is 2. The van der Waals surface area contributed by atoms with E-state index in [0.717, 1.165) is 18.4 Å². The van der Waals surface area contributed by atoms with E-state index >= 15 is 0 Å². The van der Waals surface area contributed by atoms with Gasteiger partial charge in [-0.2, -0.15) is 0 Å². The van der Waals surface area contributed by atoms with Crippen LogP contribution in [0.25, 0.3) is 0 Å². The van der Waals surface area contributed by atoms with Gasteiger partial charge in [-0.25, -0.2) is 10.8 Å². The molecule has 98 valence electrons. The molecule has 0 spiro atoms. The van der Waals surface area contributed by atoms with Crippen molar-refractivity contribution >= 4 is 5.96 Å². The molecule has 2 rings (SSSR count). The van der Waals surface area contributed by atoms with Gasteiger partial charge < -0.3 is 4.90 Å². The molecule has 0 aliphatic heterocycles. The lowest BCUT2D eigenvalue weighted by Gasteiger charge is -2.24. The van der Waals surface area contributed by atoms with Gasteiger partial charge in [-0.1, -0.05) is 25.7 Å². The molecule has 0 heterocycles. The Labute approximate surface area is 105 Å². The maximum Gasteiger partial charge on any atom is 0.208 e. The zero-order valence-corrected chi connectivity index (χ0v) is 11.0. The summed E-state index contributed by atoms with van der Waals surface area (Å²) >= 11 is 0. The predicted octanol–water partition coefficient (Wildman–Crippen LogP) is 1.87. The highest BCUT2D eigenvalue weighted by Crippen LogP contribution is 2.25. The Kier molecular flexibility index (Phi) is 4.66. The molecule has 0 atom stereocenters. The third-order valence-corrected chi connectivity index (χ3v) is 4.13. The molecule has 3 N–H and O–H groups in total. The molecule has 0 radical (unpaired) electrons. The number of aliphatic imine (C=N–C) groups is 1. The first-order valence-corrected chi connectivity index (χ1v) is 7.05. The van der Waals surface area contributed by atoms with Crippen LogP contribution in [0.4, 0.5) is 0 Å². The van der Waals surface area contributed by atoms with Gasteiger partial charge in [0.1, 0.15) is 0 Å². The summed E-state index contributed by atoms with van der Waals surface area (Å²) in [5.74, 6) is 7.32. The maximum absolute atomic E-state index is 5.60. The maximum atomic E-state index is 5.60. The molecule has 0 aromatic rings. The molecule has 0 amide bonds. The van der Waals surface area contributed by atoms with Crippen LogP contribution in [0.15, 0.2) is 4.99 Å². The van der Waals surface area contributed by atoms with Crippen molar-refractivity contribution in [3.8, 4) is 0 Å². The molecule has 4 heteroatoms. The third-order valence-electron chi connectivity index (χ3n) is 4.13. The fourth-order valence-corrected chi connectivity index (χ4v) is 3.12. The predicted molar refractivity (Wildman–Crippen MR) is 71.6 cm³/mol. The minimum atomic E-state index is 0.493. The summed E-state index contributed by atoms with van der Waals surface area (Å²) < 4.78 is 0. The fourth-order valence-electron chi connectivity index (χ4n) is 3.12. The van der Waals surface area contributed by atoms with Gasteiger partial charge in [0.15, 0.2) is 0 Å². The second-order valence-electron chi connectivity index (χ2n) is 5.57. The van der Waals surface area contributed by atoms with E-state index in [0.29, 0.717) is 6.04 Å². The number of rotatable bonds is 3. The molecule has 0 aromatic carbocycles. The number of hydrazine groups is 1. The van der Waals surface area contributed by atoms with Crippen LogP contribution >= 0.6 is 0 Å². The molecule has 0 aromatic heterocycles. The van der Waals surface area contributed by atoms with Crippen LogP contribution in [-0.2, 0) is 0 Å². The molecule has 17 heavy (non-hydrogen) atoms. The molecule has 0 unspecified atom stereocenters. The van der Waals surface area contributed by atoms with Crippen LogP contribution in [0.1, 0.15) is 51.4 Å². The van der Waals surface area contributed by atoms with E-state index in [9.17, 15) is 0 Å². The fraction of sp³-hybridized carbons (Fsp3) is 0.923. The number of nitrogens with zero attached hydrogens (tertiary/aromatic N) is 2. The summed E-state index contributed by atoms with van der Waals surface area (Å²) in [6.07, 6.45) is 10.6. The quantitative estimate of drug-likeness (QED) is 0.341. The summed E-state index contributed by atoms with van der Waals surface area (Å²) in [6.45, 7) is 1.09. The summed E-state index contributed by atoms with van der Waals surface area (Å²) in [5, 5.41) is 0. The highest BCUT2D eigenvalue weighted by Gasteiger charge is 2.20. The molecule has 2 aliphatic rings. The van der Waals surface area contributed by atoms with Crippen molar-refractivity contribution in [1.29, 1.82) is 0 Å². The Morgan fingerprint density at radius 1 is 1.18 bits per heavy atom. The van der Waals surface area contributed by atoms with Crippen LogP contribution in [-0.4, -0.2) is 30.5 Å². The van der Waals surface area contributed by atoms with Gasteiger partial charge in [0, 0.05) is 13.6 Å². The molecular formula is C13H26N4. The SMILES string of the molecule is CN(CC1CCCC1)C(=NC1CCCC1)NN. The average Bonchev–Trinajstić information content (AvgIpc) is 2.97. The van der Waals surface area contributed by atoms with Crippen molar-refractivity contribution in [3.05, 3.63) is 0 Å². The van der Waals surface area contributed by atoms with Gasteiger partial charge in [-0.15, -0.1) is 0 Å². The summed E-state index contributed by atoms with van der Waals surface area (Å²) in [7, 11) is 2.10. The van der Waals surface area contributed by atoms with E-state index in [1.54, 1.807) is 0 Å². The Morgan fingerprint density at radius 3 is 2.35 bits per heavy atom. The van der Waals surface area contributed by atoms with E-state index in [1.807, 2.05) is 0 Å². The van der Waals surface area contributed by atoms with E-state index in [1.165, 1.54) is 51.4 Å². The number of nitrogens with one attached hydrogen (secondary N) is 1. The van der Waals surface area contributed by atoms with Gasteiger partial charge in [-0.05, 0) is 31.6 Å². The minimum absolute atomic E-state index is 0.493. The second-order valence-corrected chi connectivity index (χ2v) is 5.57. The van der Waals surface area contributed by atoms with Crippen molar-refractivity contribution < 1.29 is 0 Å². The largest absolute Gasteiger partial charge is 0.345 e. The number of guanidine groups is 1. The monoisotopic (exact) mass is 238 g/mol. The first-order valence-electron chi connectivity index (χ1n) is 7.05. The molecule has 2 aliphatic carbocycles. The smallest absolute Gasteiger partial charge is 0.208 e. The zero-order chi connectivity index (χ0) is 12.1. The Balaban J connectivity index is 1.86. The molecule has 0 bridgehead atoms. The lowest BCUT2D eigenvalue weighted by atomic mass is 10.1. The Bertz CT molecular complexity index is 252. The van der Waals surface area contributed by atoms with Gasteiger partial charge in [0.25, 0.3) is 0 Å². The van der Waals surface area contributed by atoms with Gasteiger partial charge in [0.05, 0.1) is 6.04 Å². The van der Waals surface area contributed by atoms with Crippen molar-refractivity contribution in [2.45, 2.75) is 57.4 Å². The number of nitrogens with two attached hydrogens (primary N) is 1. The topological polar surface area (TPSA) is 53.6 Å². The zero-order valence-electron chi connectivity index (χ0n) is 11.0. The van der Waals surface area contributed by atoms with Crippen LogP contribution in [0.3, 0.4) is 0 Å². The van der Waals surface area contributed by atoms with E-state index in [-0.39, 0.29) is 0 Å². The second kappa shape index (κ2) is 6.24. The highest BCUT2D eigenvalue weighted by molar-refractivity contribution is 5.79. The Morgan fingerprint density at radius 2 is 1.76 bits per heavy atom. The highest BCUT2D eigenvalue weighted by atomic mass is 15.4. The average molecular weight is 238 g/mol. The third kappa shape index (κ3) is 3.60. The first kappa shape index (κ1) is 12.7. The van der Waals surface area contributed by atoms with Gasteiger partial charge in [0.2, 0.25) is 5.96 Å². The van der Waals surface area contributed by atoms with E-state index in [4.69, 9.17) is 10.8 Å². The summed E-state index contributed by atoms with van der Waals surface area (Å²) in [4.78, 5) is 6.95. The van der Waals surface area contributed by atoms with Crippen molar-refractivity contribution in [3.63, 3.8) is 0 Å². The van der Waals surface area contributed by atoms with Gasteiger partial charge >= 0.3 is 0 Å². The Hall–Kier alpha value is -0.770. The molecule has 2 saturated carbocycles. The van der Waals surface area contributed by atoms with Crippen molar-refractivity contribution in [2.24, 2.45) is 16.8 Å². The summed E-state index contributed by atoms with van der Waals surface area (Å²) in [5.41, 5.74) is 2.78. The van der Waals surface area contributed by atoms with Crippen LogP contribution < -0.4 is 11.3 Å². The molecule has 4 nitrogen and oxygen atoms in total. The molecule has 2 fully saturated rings. The lowest BCUT2D eigenvalue weighted by Crippen LogP contribution is -2.45. The molecular weight excluding hydrogens is 212 g/mol. The first-order chi connectivity index (χ1) is 8.29. The van der Waals surface area contributed by atoms with Crippen molar-refractivity contribution in [2.75, 3.05) is 13.6 Å². The normalized spacial score (nSPS) is 23.3. The standard InChI is InChI=1S/C13H26N4/c1-17(10-11-6-2-3-7-11)13(16-14)15-12-8-4-5-9-12/h11-12H,2-10,14H2,1H3,(H,15,16). The van der Waals surface area contributed by atoms with Crippen LogP contribution in [0.2, 0.25) is 0 Å². The van der Waals surface area contributed by atoms with Gasteiger partial charge in [-0.3, -0.25) is 5.43 Å². The number of hydrogen-bond donors (Lipinski definition) is 2. The van der Waals surface area contributed by atoms with Crippen LogP contribution in [0, 0.1) is 5.92 Å². The van der Waals surface area contributed by atoms with Crippen molar-refractivity contribution in [1.82, 2.24) is 10.3 Å². The lowest BCUT2D eigenvalue weighted by molar-refractivity contribution is 0.376. The summed E-state index contributed by atoms with van der Waals surface area (Å²) in [6, 6.07) is 0.493. The van der Waals surface area contributed by atoms with E-state index < -0.39 is 0 Å².